The van der Waals surface area contributed by atoms with Crippen molar-refractivity contribution < 1.29 is 18.2 Å². The number of quaternary nitrogens is 1. The van der Waals surface area contributed by atoms with Crippen molar-refractivity contribution in [2.24, 2.45) is 0 Å². The van der Waals surface area contributed by atoms with E-state index in [1.165, 1.54) is 23.9 Å². The Hall–Kier alpha value is -2.14. The number of nitrogens with one attached hydrogen (secondary N) is 3. The first-order valence-electron chi connectivity index (χ1n) is 8.22. The maximum atomic E-state index is 12.4. The Bertz CT molecular complexity index is 917. The van der Waals surface area contributed by atoms with E-state index in [2.05, 4.69) is 10.0 Å². The quantitative estimate of drug-likeness (QED) is 0.328. The minimum atomic E-state index is -3.81. The summed E-state index contributed by atoms with van der Waals surface area (Å²) in [5.74, 6) is 0. The second kappa shape index (κ2) is 9.18. The van der Waals surface area contributed by atoms with E-state index in [0.717, 1.165) is 21.5 Å². The summed E-state index contributed by atoms with van der Waals surface area (Å²) in [5.41, 5.74) is 0.654. The van der Waals surface area contributed by atoms with E-state index < -0.39 is 14.9 Å². The highest BCUT2D eigenvalue weighted by molar-refractivity contribution is 7.98. The molecule has 8 nitrogen and oxygen atoms in total. The van der Waals surface area contributed by atoms with Gasteiger partial charge in [-0.1, -0.05) is 12.1 Å². The standard InChI is InChI=1S/C17H22N4O4S2/c1-20(2)11-10-18-27(24,25)13-8-9-14(16(12-13)21(22)23)19-15-6-4-5-7-17(15)26-3/h4-9,12,18-19H,10-11H2,1-3H3/p+1. The molecule has 0 aromatic heterocycles. The van der Waals surface area contributed by atoms with Crippen molar-refractivity contribution in [2.75, 3.05) is 38.8 Å². The molecule has 0 fully saturated rings. The van der Waals surface area contributed by atoms with E-state index in [9.17, 15) is 18.5 Å². The minimum absolute atomic E-state index is 0.133. The average Bonchev–Trinajstić information content (AvgIpc) is 2.61. The molecular formula is C17H23N4O4S2+. The van der Waals surface area contributed by atoms with Crippen LogP contribution in [-0.4, -0.2) is 46.8 Å². The Balaban J connectivity index is 2.33. The van der Waals surface area contributed by atoms with E-state index >= 15 is 0 Å². The number of benzene rings is 2. The number of hydrogen-bond donors (Lipinski definition) is 3. The molecule has 0 saturated heterocycles. The van der Waals surface area contributed by atoms with Crippen LogP contribution in [0, 0.1) is 10.1 Å². The number of nitro benzene ring substituents is 1. The highest BCUT2D eigenvalue weighted by Gasteiger charge is 2.22. The SMILES string of the molecule is CSc1ccccc1Nc1ccc(S(=O)(=O)NCC[NH+](C)C)cc1[N+](=O)[O-]. The van der Waals surface area contributed by atoms with Gasteiger partial charge < -0.3 is 10.2 Å². The largest absolute Gasteiger partial charge is 0.349 e. The molecule has 10 heteroatoms. The zero-order chi connectivity index (χ0) is 20.0. The van der Waals surface area contributed by atoms with Crippen molar-refractivity contribution in [1.82, 2.24) is 4.72 Å². The zero-order valence-electron chi connectivity index (χ0n) is 15.4. The van der Waals surface area contributed by atoms with Crippen molar-refractivity contribution in [1.29, 1.82) is 0 Å². The summed E-state index contributed by atoms with van der Waals surface area (Å²) in [5, 5.41) is 14.5. The van der Waals surface area contributed by atoms with Gasteiger partial charge in [-0.05, 0) is 30.5 Å². The van der Waals surface area contributed by atoms with Crippen LogP contribution in [0.4, 0.5) is 17.1 Å². The van der Waals surface area contributed by atoms with Gasteiger partial charge in [-0.3, -0.25) is 10.1 Å². The molecule has 0 spiro atoms. The number of likely N-dealkylation sites (N-methyl/N-ethyl adjacent to an activating group) is 1. The second-order valence-corrected chi connectivity index (χ2v) is 8.73. The van der Waals surface area contributed by atoms with E-state index in [1.54, 1.807) is 0 Å². The van der Waals surface area contributed by atoms with Crippen LogP contribution >= 0.6 is 11.8 Å². The van der Waals surface area contributed by atoms with Crippen molar-refractivity contribution in [3.63, 3.8) is 0 Å². The van der Waals surface area contributed by atoms with Gasteiger partial charge in [0, 0.05) is 11.0 Å². The van der Waals surface area contributed by atoms with Gasteiger partial charge in [-0.25, -0.2) is 13.1 Å². The molecule has 0 atom stereocenters. The highest BCUT2D eigenvalue weighted by Crippen LogP contribution is 2.33. The monoisotopic (exact) mass is 411 g/mol. The summed E-state index contributed by atoms with van der Waals surface area (Å²) in [6, 6.07) is 11.3. The fourth-order valence-electron chi connectivity index (χ4n) is 2.35. The number of para-hydroxylation sites is 1. The van der Waals surface area contributed by atoms with Crippen LogP contribution < -0.4 is 14.9 Å². The van der Waals surface area contributed by atoms with E-state index in [-0.39, 0.29) is 22.8 Å². The summed E-state index contributed by atoms with van der Waals surface area (Å²) in [6.45, 7) is 0.853. The maximum absolute atomic E-state index is 12.4. The zero-order valence-corrected chi connectivity index (χ0v) is 17.0. The minimum Gasteiger partial charge on any atom is -0.349 e. The molecule has 2 aromatic rings. The third-order valence-electron chi connectivity index (χ3n) is 3.77. The molecular weight excluding hydrogens is 388 g/mol. The molecule has 0 unspecified atom stereocenters. The lowest BCUT2D eigenvalue weighted by molar-refractivity contribution is -0.856. The van der Waals surface area contributed by atoms with Crippen molar-refractivity contribution in [3.8, 4) is 0 Å². The fourth-order valence-corrected chi connectivity index (χ4v) is 3.95. The topological polar surface area (TPSA) is 106 Å². The molecule has 27 heavy (non-hydrogen) atoms. The maximum Gasteiger partial charge on any atom is 0.294 e. The Morgan fingerprint density at radius 3 is 2.48 bits per heavy atom. The summed E-state index contributed by atoms with van der Waals surface area (Å²) >= 11 is 1.51. The number of nitrogens with zero attached hydrogens (tertiary/aromatic N) is 1. The van der Waals surface area contributed by atoms with E-state index in [4.69, 9.17) is 0 Å². The summed E-state index contributed by atoms with van der Waals surface area (Å²) < 4.78 is 27.2. The molecule has 0 aliphatic carbocycles. The third kappa shape index (κ3) is 5.67. The van der Waals surface area contributed by atoms with Gasteiger partial charge in [0.25, 0.3) is 5.69 Å². The molecule has 0 heterocycles. The van der Waals surface area contributed by atoms with E-state index in [1.807, 2.05) is 44.6 Å². The first-order chi connectivity index (χ1) is 12.7. The Kier molecular flexibility index (Phi) is 7.19. The van der Waals surface area contributed by atoms with Gasteiger partial charge in [-0.2, -0.15) is 0 Å². The molecule has 0 bridgehead atoms. The second-order valence-electron chi connectivity index (χ2n) is 6.12. The summed E-state index contributed by atoms with van der Waals surface area (Å²) in [7, 11) is 0.00345. The smallest absolute Gasteiger partial charge is 0.294 e. The average molecular weight is 412 g/mol. The van der Waals surface area contributed by atoms with Gasteiger partial charge in [0.05, 0.1) is 42.7 Å². The van der Waals surface area contributed by atoms with Crippen LogP contribution in [0.5, 0.6) is 0 Å². The fraction of sp³-hybridized carbons (Fsp3) is 0.294. The van der Waals surface area contributed by atoms with Gasteiger partial charge in [0.2, 0.25) is 10.0 Å². The van der Waals surface area contributed by atoms with Crippen molar-refractivity contribution in [2.45, 2.75) is 9.79 Å². The Morgan fingerprint density at radius 1 is 1.15 bits per heavy atom. The lowest BCUT2D eigenvalue weighted by atomic mass is 10.2. The van der Waals surface area contributed by atoms with E-state index in [0.29, 0.717) is 6.54 Å². The van der Waals surface area contributed by atoms with Crippen molar-refractivity contribution in [3.05, 3.63) is 52.6 Å². The number of rotatable bonds is 9. The first-order valence-corrected chi connectivity index (χ1v) is 10.9. The van der Waals surface area contributed by atoms with Crippen molar-refractivity contribution >= 4 is 38.8 Å². The summed E-state index contributed by atoms with van der Waals surface area (Å²) in [6.07, 6.45) is 1.91. The van der Waals surface area contributed by atoms with Crippen LogP contribution in [0.2, 0.25) is 0 Å². The molecule has 3 N–H and O–H groups in total. The van der Waals surface area contributed by atoms with Crippen LogP contribution in [0.1, 0.15) is 0 Å². The normalized spacial score (nSPS) is 11.6. The highest BCUT2D eigenvalue weighted by atomic mass is 32.2. The molecule has 0 amide bonds. The molecule has 2 rings (SSSR count). The van der Waals surface area contributed by atoms with Gasteiger partial charge >= 0.3 is 0 Å². The number of nitro groups is 1. The van der Waals surface area contributed by atoms with Crippen LogP contribution in [0.15, 0.2) is 52.3 Å². The molecule has 0 radical (unpaired) electrons. The predicted octanol–water partition coefficient (Wildman–Crippen LogP) is 1.48. The number of sulfonamides is 1. The third-order valence-corrected chi connectivity index (χ3v) is 6.02. The Labute approximate surface area is 163 Å². The first kappa shape index (κ1) is 21.2. The molecule has 0 saturated carbocycles. The molecule has 2 aromatic carbocycles. The van der Waals surface area contributed by atoms with Gasteiger partial charge in [0.1, 0.15) is 5.69 Å². The molecule has 0 aliphatic heterocycles. The molecule has 146 valence electrons. The Morgan fingerprint density at radius 2 is 1.85 bits per heavy atom. The predicted molar refractivity (Wildman–Crippen MR) is 107 cm³/mol. The van der Waals surface area contributed by atoms with Crippen LogP contribution in [-0.2, 0) is 10.0 Å². The lowest BCUT2D eigenvalue weighted by Crippen LogP contribution is -3.06. The van der Waals surface area contributed by atoms with Crippen LogP contribution in [0.25, 0.3) is 0 Å². The summed E-state index contributed by atoms with van der Waals surface area (Å²) in [4.78, 5) is 12.8. The van der Waals surface area contributed by atoms with Crippen LogP contribution in [0.3, 0.4) is 0 Å². The number of thioether (sulfide) groups is 1. The van der Waals surface area contributed by atoms with Gasteiger partial charge in [-0.15, -0.1) is 11.8 Å². The molecule has 0 aliphatic rings. The number of anilines is 2. The lowest BCUT2D eigenvalue weighted by Gasteiger charge is -2.12. The van der Waals surface area contributed by atoms with Gasteiger partial charge in [0.15, 0.2) is 0 Å². The number of hydrogen-bond acceptors (Lipinski definition) is 6.